The predicted octanol–water partition coefficient (Wildman–Crippen LogP) is 3.46. The zero-order valence-electron chi connectivity index (χ0n) is 15.9. The van der Waals surface area contributed by atoms with Gasteiger partial charge in [-0.2, -0.15) is 0 Å². The van der Waals surface area contributed by atoms with Crippen LogP contribution in [0.15, 0.2) is 21.7 Å². The Bertz CT molecular complexity index is 517. The summed E-state index contributed by atoms with van der Waals surface area (Å²) in [5.41, 5.74) is 0.854. The lowest BCUT2D eigenvalue weighted by Crippen LogP contribution is -2.43. The van der Waals surface area contributed by atoms with E-state index in [1.807, 2.05) is 6.92 Å². The Balaban J connectivity index is 0.00000576. The lowest BCUT2D eigenvalue weighted by molar-refractivity contribution is 0.0925. The second kappa shape index (κ2) is 14.0. The first-order chi connectivity index (χ1) is 11.6. The minimum atomic E-state index is -0.162. The third kappa shape index (κ3) is 9.72. The van der Waals surface area contributed by atoms with Gasteiger partial charge >= 0.3 is 0 Å². The average molecular weight is 464 g/mol. The first-order valence-electron chi connectivity index (χ1n) is 8.88. The van der Waals surface area contributed by atoms with Crippen LogP contribution in [0.4, 0.5) is 0 Å². The number of aryl methyl sites for hydroxylation is 1. The topological polar surface area (TPSA) is 78.7 Å². The molecule has 1 rings (SSSR count). The van der Waals surface area contributed by atoms with E-state index in [-0.39, 0.29) is 29.9 Å². The highest BCUT2D eigenvalue weighted by Crippen LogP contribution is 2.07. The summed E-state index contributed by atoms with van der Waals surface area (Å²) in [6.45, 7) is 7.59. The molecule has 0 radical (unpaired) electrons. The first-order valence-corrected chi connectivity index (χ1v) is 8.88. The molecule has 0 aliphatic rings. The van der Waals surface area contributed by atoms with Crippen molar-refractivity contribution in [1.29, 1.82) is 0 Å². The number of hydrogen-bond acceptors (Lipinski definition) is 3. The Morgan fingerprint density at radius 1 is 1.24 bits per heavy atom. The number of carbonyl (C=O) groups is 1. The van der Waals surface area contributed by atoms with E-state index >= 15 is 0 Å². The summed E-state index contributed by atoms with van der Waals surface area (Å²) in [6, 6.07) is 2.19. The second-order valence-electron chi connectivity index (χ2n) is 6.08. The number of nitrogens with zero attached hydrogens (tertiary/aromatic N) is 1. The van der Waals surface area contributed by atoms with Gasteiger partial charge in [0.1, 0.15) is 0 Å². The van der Waals surface area contributed by atoms with Gasteiger partial charge in [-0.3, -0.25) is 9.79 Å². The zero-order chi connectivity index (χ0) is 17.8. The molecular formula is C18H33IN4O2. The van der Waals surface area contributed by atoms with Gasteiger partial charge in [0, 0.05) is 31.7 Å². The summed E-state index contributed by atoms with van der Waals surface area (Å²) in [7, 11) is 1.77. The molecule has 7 heteroatoms. The van der Waals surface area contributed by atoms with Crippen LogP contribution in [-0.2, 0) is 0 Å². The van der Waals surface area contributed by atoms with Crippen LogP contribution in [0.25, 0.3) is 0 Å². The normalized spacial score (nSPS) is 12.2. The Morgan fingerprint density at radius 3 is 2.56 bits per heavy atom. The highest BCUT2D eigenvalue weighted by molar-refractivity contribution is 14.0. The van der Waals surface area contributed by atoms with Crippen LogP contribution in [0.2, 0.25) is 0 Å². The van der Waals surface area contributed by atoms with Gasteiger partial charge in [-0.05, 0) is 32.8 Å². The average Bonchev–Trinajstić information content (AvgIpc) is 2.99. The summed E-state index contributed by atoms with van der Waals surface area (Å²) in [5, 5.41) is 9.53. The molecule has 1 aromatic rings. The van der Waals surface area contributed by atoms with Gasteiger partial charge in [-0.25, -0.2) is 0 Å². The van der Waals surface area contributed by atoms with Crippen LogP contribution in [0, 0.1) is 6.92 Å². The van der Waals surface area contributed by atoms with Crippen molar-refractivity contribution in [3.8, 4) is 0 Å². The molecule has 0 aliphatic heterocycles. The maximum atomic E-state index is 11.9. The van der Waals surface area contributed by atoms with Crippen molar-refractivity contribution < 1.29 is 9.21 Å². The van der Waals surface area contributed by atoms with Crippen molar-refractivity contribution in [3.05, 3.63) is 23.7 Å². The monoisotopic (exact) mass is 464 g/mol. The third-order valence-electron chi connectivity index (χ3n) is 3.85. The zero-order valence-corrected chi connectivity index (χ0v) is 18.2. The summed E-state index contributed by atoms with van der Waals surface area (Å²) in [5.74, 6) is 1.04. The third-order valence-corrected chi connectivity index (χ3v) is 3.85. The molecule has 3 N–H and O–H groups in total. The van der Waals surface area contributed by atoms with E-state index in [1.54, 1.807) is 13.1 Å². The van der Waals surface area contributed by atoms with E-state index < -0.39 is 0 Å². The molecule has 1 atom stereocenters. The highest BCUT2D eigenvalue weighted by atomic mass is 127. The SMILES string of the molecule is CCCCCC(C)NC(=NC)NCCCNC(=O)c1occc1C.I. The van der Waals surface area contributed by atoms with Crippen molar-refractivity contribution in [2.45, 2.75) is 58.9 Å². The predicted molar refractivity (Wildman–Crippen MR) is 114 cm³/mol. The van der Waals surface area contributed by atoms with Crippen LogP contribution < -0.4 is 16.0 Å². The number of carbonyl (C=O) groups excluding carboxylic acids is 1. The quantitative estimate of drug-likeness (QED) is 0.215. The Labute approximate surface area is 168 Å². The van der Waals surface area contributed by atoms with E-state index in [2.05, 4.69) is 34.8 Å². The van der Waals surface area contributed by atoms with Crippen molar-refractivity contribution in [1.82, 2.24) is 16.0 Å². The molecule has 144 valence electrons. The van der Waals surface area contributed by atoms with Gasteiger partial charge in [0.15, 0.2) is 11.7 Å². The Hall–Kier alpha value is -1.25. The number of aliphatic imine (C=N–C) groups is 1. The van der Waals surface area contributed by atoms with Crippen LogP contribution in [-0.4, -0.2) is 38.0 Å². The molecule has 0 bridgehead atoms. The first kappa shape index (κ1) is 23.8. The van der Waals surface area contributed by atoms with Gasteiger partial charge in [0.25, 0.3) is 5.91 Å². The van der Waals surface area contributed by atoms with Crippen molar-refractivity contribution in [2.24, 2.45) is 4.99 Å². The van der Waals surface area contributed by atoms with Crippen LogP contribution in [0.3, 0.4) is 0 Å². The molecule has 1 heterocycles. The molecular weight excluding hydrogens is 431 g/mol. The molecule has 25 heavy (non-hydrogen) atoms. The van der Waals surface area contributed by atoms with E-state index in [9.17, 15) is 4.79 Å². The number of amides is 1. The minimum absolute atomic E-state index is 0. The second-order valence-corrected chi connectivity index (χ2v) is 6.08. The summed E-state index contributed by atoms with van der Waals surface area (Å²) in [6.07, 6.45) is 7.24. The van der Waals surface area contributed by atoms with Gasteiger partial charge in [0.05, 0.1) is 6.26 Å². The van der Waals surface area contributed by atoms with Crippen molar-refractivity contribution >= 4 is 35.8 Å². The number of furan rings is 1. The maximum absolute atomic E-state index is 11.9. The smallest absolute Gasteiger partial charge is 0.287 e. The molecule has 0 spiro atoms. The number of nitrogens with one attached hydrogen (secondary N) is 3. The van der Waals surface area contributed by atoms with Gasteiger partial charge in [0.2, 0.25) is 0 Å². The number of unbranched alkanes of at least 4 members (excludes halogenated alkanes) is 2. The van der Waals surface area contributed by atoms with E-state index in [1.165, 1.54) is 25.5 Å². The number of guanidine groups is 1. The van der Waals surface area contributed by atoms with Crippen LogP contribution in [0.5, 0.6) is 0 Å². The maximum Gasteiger partial charge on any atom is 0.287 e. The fourth-order valence-corrected chi connectivity index (χ4v) is 2.38. The summed E-state index contributed by atoms with van der Waals surface area (Å²) < 4.78 is 5.17. The molecule has 0 saturated carbocycles. The molecule has 1 amide bonds. The van der Waals surface area contributed by atoms with Gasteiger partial charge in [-0.1, -0.05) is 26.2 Å². The minimum Gasteiger partial charge on any atom is -0.459 e. The Morgan fingerprint density at radius 2 is 1.96 bits per heavy atom. The summed E-state index contributed by atoms with van der Waals surface area (Å²) >= 11 is 0. The number of rotatable bonds is 10. The van der Waals surface area contributed by atoms with Crippen molar-refractivity contribution in [2.75, 3.05) is 20.1 Å². The standard InChI is InChI=1S/C18H32N4O2.HI/c1-5-6-7-9-15(3)22-18(19-4)21-12-8-11-20-17(23)16-14(2)10-13-24-16;/h10,13,15H,5-9,11-12H2,1-4H3,(H,20,23)(H2,19,21,22);1H. The molecule has 1 aromatic heterocycles. The molecule has 0 fully saturated rings. The molecule has 1 unspecified atom stereocenters. The highest BCUT2D eigenvalue weighted by Gasteiger charge is 2.11. The van der Waals surface area contributed by atoms with Crippen molar-refractivity contribution in [3.63, 3.8) is 0 Å². The number of halogens is 1. The van der Waals surface area contributed by atoms with Gasteiger partial charge < -0.3 is 20.4 Å². The van der Waals surface area contributed by atoms with E-state index in [0.29, 0.717) is 18.3 Å². The largest absolute Gasteiger partial charge is 0.459 e. The fraction of sp³-hybridized carbons (Fsp3) is 0.667. The molecule has 0 saturated heterocycles. The van der Waals surface area contributed by atoms with E-state index in [4.69, 9.17) is 4.42 Å². The lowest BCUT2D eigenvalue weighted by Gasteiger charge is -2.17. The Kier molecular flexibility index (Phi) is 13.3. The molecule has 6 nitrogen and oxygen atoms in total. The molecule has 0 aliphatic carbocycles. The number of hydrogen-bond donors (Lipinski definition) is 3. The molecule has 0 aromatic carbocycles. The van der Waals surface area contributed by atoms with Crippen LogP contribution >= 0.6 is 24.0 Å². The van der Waals surface area contributed by atoms with Gasteiger partial charge in [-0.15, -0.1) is 24.0 Å². The van der Waals surface area contributed by atoms with E-state index in [0.717, 1.165) is 30.9 Å². The van der Waals surface area contributed by atoms with Crippen LogP contribution in [0.1, 0.15) is 62.1 Å². The lowest BCUT2D eigenvalue weighted by atomic mass is 10.1. The fourth-order valence-electron chi connectivity index (χ4n) is 2.38. The summed E-state index contributed by atoms with van der Waals surface area (Å²) in [4.78, 5) is 16.1.